The smallest absolute Gasteiger partial charge is 0.329 e. The Labute approximate surface area is 760 Å². The summed E-state index contributed by atoms with van der Waals surface area (Å²) in [4.78, 5) is 148. The average Bonchev–Trinajstić information content (AvgIpc) is 0.909. The zero-order valence-corrected chi connectivity index (χ0v) is 76.8. The number of methoxy groups -OCH3 is 3. The number of hydrogen-bond acceptors (Lipinski definition) is 29. The second kappa shape index (κ2) is 44.2. The van der Waals surface area contributed by atoms with Gasteiger partial charge in [-0.1, -0.05) is 89.3 Å². The van der Waals surface area contributed by atoms with Gasteiger partial charge < -0.3 is 73.7 Å². The van der Waals surface area contributed by atoms with Gasteiger partial charge in [-0.05, 0) is 161 Å². The van der Waals surface area contributed by atoms with Crippen LogP contribution >= 0.6 is 0 Å². The van der Waals surface area contributed by atoms with Crippen LogP contribution in [0.5, 0.6) is 0 Å². The van der Waals surface area contributed by atoms with E-state index in [0.29, 0.717) is 149 Å². The fourth-order valence-electron chi connectivity index (χ4n) is 19.4. The fourth-order valence-corrected chi connectivity index (χ4v) is 19.4. The molecule has 4 saturated heterocycles. The minimum absolute atomic E-state index is 0.0104. The van der Waals surface area contributed by atoms with Gasteiger partial charge in [0.05, 0.1) is 42.5 Å². The van der Waals surface area contributed by atoms with E-state index in [2.05, 4.69) is 67.7 Å². The molecule has 1 saturated carbocycles. The highest BCUT2D eigenvalue weighted by atomic mass is 16.6. The first-order valence-corrected chi connectivity index (χ1v) is 46.4. The van der Waals surface area contributed by atoms with Crippen LogP contribution in [0.4, 0.5) is 17.7 Å². The van der Waals surface area contributed by atoms with Crippen molar-refractivity contribution in [2.45, 2.75) is 219 Å². The third kappa shape index (κ3) is 23.3. The molecule has 0 radical (unpaired) electrons. The maximum Gasteiger partial charge on any atom is 0.329 e. The number of esters is 2. The Morgan fingerprint density at radius 3 is 2.22 bits per heavy atom. The summed E-state index contributed by atoms with van der Waals surface area (Å²) in [5, 5.41) is 30.5. The molecule has 5 N–H and O–H groups in total. The number of aliphatic hydroxyl groups excluding tert-OH is 1. The Kier molecular flexibility index (Phi) is 32.5. The van der Waals surface area contributed by atoms with Crippen LogP contribution in [-0.2, 0) is 87.9 Å². The number of rotatable bonds is 22. The number of ketones is 3. The number of H-pyrrole nitrogens is 1. The molecule has 12 heterocycles. The van der Waals surface area contributed by atoms with Gasteiger partial charge in [0.2, 0.25) is 17.7 Å². The number of nitrogens with one attached hydrogen (secondary N) is 1. The van der Waals surface area contributed by atoms with Gasteiger partial charge in [0.25, 0.3) is 17.6 Å². The summed E-state index contributed by atoms with van der Waals surface area (Å²) in [5.74, 6) is -7.46. The normalized spacial score (nSPS) is 28.4. The minimum Gasteiger partial charge on any atom is -0.460 e. The van der Waals surface area contributed by atoms with Crippen molar-refractivity contribution < 1.29 is 76.9 Å². The highest BCUT2D eigenvalue weighted by Crippen LogP contribution is 2.40. The van der Waals surface area contributed by atoms with Gasteiger partial charge in [-0.2, -0.15) is 5.10 Å². The van der Waals surface area contributed by atoms with Gasteiger partial charge in [0, 0.05) is 192 Å². The molecule has 0 unspecified atom stereocenters. The van der Waals surface area contributed by atoms with Gasteiger partial charge in [-0.3, -0.25) is 38.6 Å². The number of carbonyl (C=O) groups is 7. The quantitative estimate of drug-likeness (QED) is 0.0212. The molecule has 7 aromatic rings. The number of fused-ring (bicyclic) bond motifs is 6. The van der Waals surface area contributed by atoms with E-state index in [1.165, 1.54) is 23.9 Å². The maximum absolute atomic E-state index is 14.8. The van der Waals surface area contributed by atoms with Gasteiger partial charge in [0.1, 0.15) is 59.7 Å². The van der Waals surface area contributed by atoms with E-state index in [0.717, 1.165) is 104 Å². The minimum atomic E-state index is -2.48. The molecule has 7 aliphatic rings. The molecule has 1 aromatic carbocycles. The number of benzene rings is 1. The summed E-state index contributed by atoms with van der Waals surface area (Å²) < 4.78 is 44.4. The monoisotopic (exact) mass is 1790 g/mol. The van der Waals surface area contributed by atoms with Crippen molar-refractivity contribution >= 4 is 80.9 Å². The lowest BCUT2D eigenvalue weighted by atomic mass is 9.78. The van der Waals surface area contributed by atoms with Crippen LogP contribution < -0.4 is 15.5 Å². The zero-order chi connectivity index (χ0) is 91.9. The van der Waals surface area contributed by atoms with Crippen LogP contribution in [0.3, 0.4) is 0 Å². The topological polar surface area (TPSA) is 394 Å². The number of aromatic nitrogens is 10. The lowest BCUT2D eigenvalue weighted by Crippen LogP contribution is -2.61. The van der Waals surface area contributed by atoms with Crippen molar-refractivity contribution in [3.63, 3.8) is 0 Å². The Bertz CT molecular complexity index is 5220. The zero-order valence-electron chi connectivity index (χ0n) is 76.8. The van der Waals surface area contributed by atoms with E-state index >= 15 is 0 Å². The summed E-state index contributed by atoms with van der Waals surface area (Å²) in [6, 6.07) is 9.16. The number of amides is 2. The number of nitrogens with zero attached hydrogens (tertiary/aromatic N) is 15. The van der Waals surface area contributed by atoms with Gasteiger partial charge in [-0.15, -0.1) is 0 Å². The van der Waals surface area contributed by atoms with Crippen LogP contribution in [0.25, 0.3) is 33.3 Å². The molecule has 2 bridgehead atoms. The first-order valence-electron chi connectivity index (χ1n) is 46.4. The standard InChI is InChI=1S/C97H129N17O16/c1-60-17-12-11-13-18-61(2)79(124-8)49-75-25-20-66(7)97(123,130-75)88(119)93(121)113-32-15-14-19-76(113)94(122)129-80(50-77(115)62(3)44-65(6)86(118)87(126-10)85(117)64(5)43-60)63(4)45-67-22-26-78(81(47-67)125-9)128-82(116)27-23-69-51-101-95(102-52-69)110-38-34-108(35-39-110)31-16-42-127-59-109-36-40-111(41-37-109)96-103-54-74(55-104-96)92(120)112-33-29-70-46-68(21-24-72(70)57-112)56-114-91-83(89(98)105-58-106-91)84(107-114)73-48-71-28-30-99-90(71)100-53-73/h11-13,17-18,21,24,28,30,44,46,48,51-55,58,60,62-64,66-67,75-76,78-81,86-87,118,123H,14-16,19-20,22-23,25-27,29,31-43,45,47,49-50,56-57,59H2,1-10H3,(H,99,100)(H2,98,105,106)/b13-11+,17-12+,61-18+,65-44+/t60-,62-,63-,64-,66-,67+,75+,76+,78-,79+,80+,81-,86-,87+,97-/m1/s1. The molecule has 6 aliphatic heterocycles. The summed E-state index contributed by atoms with van der Waals surface area (Å²) in [7, 11) is 4.54. The Hall–Kier alpha value is -10.5. The van der Waals surface area contributed by atoms with Crippen LogP contribution in [0, 0.1) is 35.5 Å². The maximum atomic E-state index is 14.8. The second-order valence-corrected chi connectivity index (χ2v) is 36.7. The predicted molar refractivity (Wildman–Crippen MR) is 488 cm³/mol. The number of hydrogen-bond donors (Lipinski definition) is 4. The number of allylic oxidation sites excluding steroid dienone is 6. The number of aliphatic hydroxyl groups is 2. The number of pyridine rings is 1. The molecule has 6 aromatic heterocycles. The number of Topliss-reactive ketones (excluding diaryl/α,β-unsaturated/α-hetero) is 3. The number of cyclic esters (lactones) is 1. The molecule has 33 nitrogen and oxygen atoms in total. The highest BCUT2D eigenvalue weighted by molar-refractivity contribution is 6.39. The highest BCUT2D eigenvalue weighted by Gasteiger charge is 2.53. The number of ether oxygens (including phenoxy) is 7. The van der Waals surface area contributed by atoms with Crippen molar-refractivity contribution in [3.05, 3.63) is 149 Å². The Balaban J connectivity index is 0.501. The van der Waals surface area contributed by atoms with Crippen LogP contribution in [0.2, 0.25) is 0 Å². The third-order valence-corrected chi connectivity index (χ3v) is 27.4. The van der Waals surface area contributed by atoms with Gasteiger partial charge in [-0.25, -0.2) is 44.4 Å². The van der Waals surface area contributed by atoms with E-state index in [4.69, 9.17) is 54.0 Å². The number of anilines is 3. The van der Waals surface area contributed by atoms with Gasteiger partial charge in [0.15, 0.2) is 11.4 Å². The molecule has 15 atom stereocenters. The molecule has 2 amide bonds. The predicted octanol–water partition coefficient (Wildman–Crippen LogP) is 9.76. The van der Waals surface area contributed by atoms with Crippen LogP contribution in [0.15, 0.2) is 121 Å². The summed E-state index contributed by atoms with van der Waals surface area (Å²) >= 11 is 0. The molecular weight excluding hydrogens is 1660 g/mol. The van der Waals surface area contributed by atoms with Crippen molar-refractivity contribution in [2.24, 2.45) is 35.5 Å². The Morgan fingerprint density at radius 1 is 0.738 bits per heavy atom. The largest absolute Gasteiger partial charge is 0.460 e. The number of aromatic amines is 1. The fraction of sp³-hybridized carbons (Fsp3) is 0.577. The molecule has 33 heteroatoms. The molecular formula is C97H129N17O16. The number of piperidine rings is 1. The van der Waals surface area contributed by atoms with Crippen molar-refractivity contribution in [1.82, 2.24) is 69.3 Å². The molecule has 14 rings (SSSR count). The van der Waals surface area contributed by atoms with Crippen molar-refractivity contribution in [1.29, 1.82) is 0 Å². The number of carbonyl (C=O) groups excluding carboxylic acids is 7. The van der Waals surface area contributed by atoms with E-state index in [1.54, 1.807) is 72.1 Å². The summed E-state index contributed by atoms with van der Waals surface area (Å²) in [6.07, 6.45) is 24.3. The first-order chi connectivity index (χ1) is 62.7. The first kappa shape index (κ1) is 95.6. The van der Waals surface area contributed by atoms with Crippen LogP contribution in [0.1, 0.15) is 171 Å². The number of piperazine rings is 2. The summed E-state index contributed by atoms with van der Waals surface area (Å²) in [6.45, 7) is 22.6. The van der Waals surface area contributed by atoms with E-state index in [-0.39, 0.29) is 67.5 Å². The SMILES string of the molecule is CO[C@H]1C[C@@H]2CC[C@@H](C)[C@@](O)(O2)C(=O)C(=O)N2CCCC[C@H]2C(=O)O[C@H]([C@H](C)C[C@@H]2CC[C@@H](OC(=O)CCc3cnc(N4CCN(CCCOCN5CCN(c6ncc(C(=O)N7CCc8cc(Cn9nc(-c%10cnc%11[nH]ccc%11c%10)c%10c(N)ncnc%109)ccc8C7)cn6)CC5)CC4)nc3)[C@H](OC)C2)CC(=O)[C@H](C)/C=C(\C)[C@@H](O)[C@@H](OC)C(=O)[C@H](C)C[C@H](C)/C=C/C=C/C=C/1C. The van der Waals surface area contributed by atoms with E-state index in [9.17, 15) is 43.8 Å². The van der Waals surface area contributed by atoms with E-state index in [1.807, 2.05) is 86.0 Å². The van der Waals surface area contributed by atoms with Gasteiger partial charge >= 0.3 is 11.9 Å². The summed E-state index contributed by atoms with van der Waals surface area (Å²) in [5.41, 5.74) is 15.2. The Morgan fingerprint density at radius 2 is 1.48 bits per heavy atom. The third-order valence-electron chi connectivity index (χ3n) is 27.4. The molecule has 5 fully saturated rings. The number of nitrogens with two attached hydrogens (primary N) is 1. The van der Waals surface area contributed by atoms with Crippen LogP contribution in [-0.4, -0.2) is 282 Å². The molecule has 698 valence electrons. The lowest BCUT2D eigenvalue weighted by molar-refractivity contribution is -0.265. The average molecular weight is 1790 g/mol. The van der Waals surface area contributed by atoms with Crippen molar-refractivity contribution in [2.75, 3.05) is 122 Å². The molecule has 0 spiro atoms. The van der Waals surface area contributed by atoms with E-state index < -0.39 is 95.9 Å². The second-order valence-electron chi connectivity index (χ2n) is 36.7. The molecule has 130 heavy (non-hydrogen) atoms. The number of nitrogen functional groups attached to an aromatic ring is 1. The number of aryl methyl sites for hydroxylation is 1. The molecule has 1 aliphatic carbocycles. The van der Waals surface area contributed by atoms with Crippen molar-refractivity contribution in [3.8, 4) is 11.3 Å². The lowest BCUT2D eigenvalue weighted by Gasteiger charge is -2.42.